The Morgan fingerprint density at radius 1 is 0.816 bits per heavy atom. The van der Waals surface area contributed by atoms with Gasteiger partial charge in [-0.15, -0.1) is 23.1 Å². The van der Waals surface area contributed by atoms with Crippen molar-refractivity contribution in [2.24, 2.45) is 0 Å². The molecule has 248 valence electrons. The van der Waals surface area contributed by atoms with Crippen molar-refractivity contribution in [3.63, 3.8) is 0 Å². The minimum atomic E-state index is -0.817. The lowest BCUT2D eigenvalue weighted by atomic mass is 10.1. The number of anilines is 3. The second-order valence-electron chi connectivity index (χ2n) is 10.5. The van der Waals surface area contributed by atoms with Crippen LogP contribution >= 0.6 is 23.1 Å². The molecule has 0 spiro atoms. The lowest BCUT2D eigenvalue weighted by Crippen LogP contribution is -2.20. The van der Waals surface area contributed by atoms with Crippen molar-refractivity contribution in [1.82, 2.24) is 0 Å². The van der Waals surface area contributed by atoms with Gasteiger partial charge in [0.05, 0.1) is 22.0 Å². The molecule has 0 saturated heterocycles. The third-order valence-corrected chi connectivity index (χ3v) is 9.56. The fourth-order valence-electron chi connectivity index (χ4n) is 4.80. The third kappa shape index (κ3) is 8.58. The van der Waals surface area contributed by atoms with Crippen LogP contribution in [0.2, 0.25) is 0 Å². The predicted molar refractivity (Wildman–Crippen MR) is 191 cm³/mol. The van der Waals surface area contributed by atoms with Gasteiger partial charge < -0.3 is 20.7 Å². The number of benzene rings is 4. The first-order chi connectivity index (χ1) is 23.6. The second-order valence-corrected chi connectivity index (χ2v) is 12.7. The van der Waals surface area contributed by atoms with Crippen molar-refractivity contribution in [1.29, 1.82) is 0 Å². The zero-order chi connectivity index (χ0) is 34.9. The molecule has 5 aromatic rings. The summed E-state index contributed by atoms with van der Waals surface area (Å²) in [6, 6.07) is 30.2. The molecule has 0 radical (unpaired) electrons. The van der Waals surface area contributed by atoms with Crippen LogP contribution in [0, 0.1) is 17.0 Å². The zero-order valence-electron chi connectivity index (χ0n) is 26.3. The lowest BCUT2D eigenvalue weighted by Gasteiger charge is -2.18. The van der Waals surface area contributed by atoms with Gasteiger partial charge in [-0.25, -0.2) is 4.79 Å². The highest BCUT2D eigenvalue weighted by atomic mass is 32.2. The van der Waals surface area contributed by atoms with E-state index < -0.39 is 33.9 Å². The molecular weight excluding hydrogens is 665 g/mol. The highest BCUT2D eigenvalue weighted by Gasteiger charge is 2.30. The van der Waals surface area contributed by atoms with E-state index in [2.05, 4.69) is 16.0 Å². The molecule has 11 nitrogen and oxygen atoms in total. The Bertz CT molecular complexity index is 2020. The average Bonchev–Trinajstić information content (AvgIpc) is 3.43. The van der Waals surface area contributed by atoms with Gasteiger partial charge in [0.1, 0.15) is 10.3 Å². The van der Waals surface area contributed by atoms with Crippen LogP contribution in [0.25, 0.3) is 0 Å². The Kier molecular flexibility index (Phi) is 11.2. The van der Waals surface area contributed by atoms with Crippen LogP contribution in [-0.4, -0.2) is 35.2 Å². The summed E-state index contributed by atoms with van der Waals surface area (Å²) < 4.78 is 5.29. The minimum Gasteiger partial charge on any atom is -0.462 e. The summed E-state index contributed by atoms with van der Waals surface area (Å²) in [6.07, 6.45) is 0. The number of nitro groups is 1. The number of non-ortho nitro benzene ring substituents is 1. The van der Waals surface area contributed by atoms with Crippen molar-refractivity contribution in [2.45, 2.75) is 24.0 Å². The monoisotopic (exact) mass is 694 g/mol. The summed E-state index contributed by atoms with van der Waals surface area (Å²) in [4.78, 5) is 64.8. The van der Waals surface area contributed by atoms with E-state index in [1.807, 2.05) is 12.1 Å². The maximum atomic E-state index is 14.1. The number of para-hydroxylation sites is 1. The maximum Gasteiger partial charge on any atom is 0.341 e. The van der Waals surface area contributed by atoms with E-state index in [9.17, 15) is 29.3 Å². The van der Waals surface area contributed by atoms with Crippen LogP contribution in [0.5, 0.6) is 0 Å². The largest absolute Gasteiger partial charge is 0.462 e. The molecule has 3 amide bonds. The standard InChI is InChI=1S/C36H30N4O7S2/c1-3-47-36(44)29-22(2)30(33(42)37-25-15-8-5-9-16-25)49-35(29)39-34(43)31(23-12-6-4-7-13-23)48-28-19-11-17-26(21-28)38-32(41)24-14-10-18-27(20-24)40(45)46/h4-21,31H,3H2,1-2H3,(H,37,42)(H,38,41)(H,39,43). The number of rotatable bonds is 12. The van der Waals surface area contributed by atoms with E-state index in [4.69, 9.17) is 4.74 Å². The van der Waals surface area contributed by atoms with E-state index in [1.54, 1.807) is 86.6 Å². The van der Waals surface area contributed by atoms with Gasteiger partial charge >= 0.3 is 5.97 Å². The summed E-state index contributed by atoms with van der Waals surface area (Å²) in [6.45, 7) is 3.40. The number of thiophene rings is 1. The molecule has 0 aliphatic heterocycles. The molecule has 1 unspecified atom stereocenters. The molecule has 13 heteroatoms. The first-order valence-electron chi connectivity index (χ1n) is 15.0. The first kappa shape index (κ1) is 34.5. The quantitative estimate of drug-likeness (QED) is 0.0512. The molecular formula is C36H30N4O7S2. The molecule has 3 N–H and O–H groups in total. The van der Waals surface area contributed by atoms with Crippen molar-refractivity contribution in [3.8, 4) is 0 Å². The van der Waals surface area contributed by atoms with Gasteiger partial charge in [0, 0.05) is 34.0 Å². The molecule has 5 rings (SSSR count). The highest BCUT2D eigenvalue weighted by molar-refractivity contribution is 8.00. The van der Waals surface area contributed by atoms with Gasteiger partial charge in [0.2, 0.25) is 5.91 Å². The van der Waals surface area contributed by atoms with Gasteiger partial charge in [0.25, 0.3) is 17.5 Å². The van der Waals surface area contributed by atoms with E-state index >= 15 is 0 Å². The Morgan fingerprint density at radius 2 is 1.47 bits per heavy atom. The van der Waals surface area contributed by atoms with Crippen LogP contribution in [0.1, 0.15) is 53.7 Å². The Morgan fingerprint density at radius 3 is 2.16 bits per heavy atom. The number of carbonyl (C=O) groups is 4. The van der Waals surface area contributed by atoms with Crippen LogP contribution in [0.3, 0.4) is 0 Å². The summed E-state index contributed by atoms with van der Waals surface area (Å²) in [5.74, 6) is -2.09. The van der Waals surface area contributed by atoms with E-state index in [0.717, 1.165) is 11.3 Å². The molecule has 0 aliphatic rings. The average molecular weight is 695 g/mol. The highest BCUT2D eigenvalue weighted by Crippen LogP contribution is 2.40. The zero-order valence-corrected chi connectivity index (χ0v) is 27.9. The van der Waals surface area contributed by atoms with Crippen LogP contribution in [0.4, 0.5) is 22.1 Å². The number of nitro benzene ring substituents is 1. The summed E-state index contributed by atoms with van der Waals surface area (Å²) in [5.41, 5.74) is 2.06. The smallest absolute Gasteiger partial charge is 0.341 e. The van der Waals surface area contributed by atoms with Gasteiger partial charge in [0.15, 0.2) is 0 Å². The molecule has 0 aliphatic carbocycles. The number of nitrogens with zero attached hydrogens (tertiary/aromatic N) is 1. The summed E-state index contributed by atoms with van der Waals surface area (Å²) >= 11 is 2.19. The minimum absolute atomic E-state index is 0.0982. The molecule has 1 atom stereocenters. The molecule has 1 heterocycles. The fraction of sp³-hybridized carbons (Fsp3) is 0.111. The lowest BCUT2D eigenvalue weighted by molar-refractivity contribution is -0.384. The van der Waals surface area contributed by atoms with Crippen LogP contribution in [0.15, 0.2) is 114 Å². The van der Waals surface area contributed by atoms with Crippen LogP contribution in [-0.2, 0) is 9.53 Å². The topological polar surface area (TPSA) is 157 Å². The normalized spacial score (nSPS) is 11.2. The molecule has 0 fully saturated rings. The predicted octanol–water partition coefficient (Wildman–Crippen LogP) is 8.12. The molecule has 4 aromatic carbocycles. The van der Waals surface area contributed by atoms with E-state index in [0.29, 0.717) is 27.4 Å². The first-order valence-corrected chi connectivity index (χ1v) is 16.7. The maximum absolute atomic E-state index is 14.1. The number of carbonyl (C=O) groups excluding carboxylic acids is 4. The van der Waals surface area contributed by atoms with Crippen LogP contribution < -0.4 is 16.0 Å². The van der Waals surface area contributed by atoms with Gasteiger partial charge in [-0.1, -0.05) is 60.7 Å². The van der Waals surface area contributed by atoms with Crippen molar-refractivity contribution >= 4 is 68.9 Å². The number of hydrogen-bond acceptors (Lipinski definition) is 9. The number of amides is 3. The third-order valence-electron chi connectivity index (χ3n) is 7.11. The number of hydrogen-bond donors (Lipinski definition) is 3. The molecule has 49 heavy (non-hydrogen) atoms. The number of esters is 1. The van der Waals surface area contributed by atoms with Crippen molar-refractivity contribution < 1.29 is 28.8 Å². The number of ether oxygens (including phenoxy) is 1. The van der Waals surface area contributed by atoms with E-state index in [-0.39, 0.29) is 33.3 Å². The second kappa shape index (κ2) is 15.9. The number of thioether (sulfide) groups is 1. The van der Waals surface area contributed by atoms with Crippen molar-refractivity contribution in [3.05, 3.63) is 146 Å². The van der Waals surface area contributed by atoms with Gasteiger partial charge in [-0.2, -0.15) is 0 Å². The van der Waals surface area contributed by atoms with Gasteiger partial charge in [-0.3, -0.25) is 24.5 Å². The SMILES string of the molecule is CCOC(=O)c1c(NC(=O)C(Sc2cccc(NC(=O)c3cccc([N+](=O)[O-])c3)c2)c2ccccc2)sc(C(=O)Nc2ccccc2)c1C. The molecule has 0 bridgehead atoms. The number of nitrogens with one attached hydrogen (secondary N) is 3. The Balaban J connectivity index is 1.41. The Hall–Kier alpha value is -5.79. The molecule has 1 aromatic heterocycles. The molecule has 0 saturated carbocycles. The van der Waals surface area contributed by atoms with Gasteiger partial charge in [-0.05, 0) is 61.4 Å². The summed E-state index contributed by atoms with van der Waals surface area (Å²) in [5, 5.41) is 19.0. The van der Waals surface area contributed by atoms with Crippen molar-refractivity contribution in [2.75, 3.05) is 22.6 Å². The summed E-state index contributed by atoms with van der Waals surface area (Å²) in [7, 11) is 0. The fourth-order valence-corrected chi connectivity index (χ4v) is 6.98. The van der Waals surface area contributed by atoms with E-state index in [1.165, 1.54) is 36.0 Å². The Labute approximate surface area is 289 Å².